The molecule has 0 radical (unpaired) electrons. The molecule has 1 aliphatic heterocycles. The largest absolute Gasteiger partial charge is 0.301 e. The number of anilines is 2. The van der Waals surface area contributed by atoms with Crippen LogP contribution in [-0.4, -0.2) is 16.1 Å². The lowest BCUT2D eigenvalue weighted by atomic mass is 10.1. The van der Waals surface area contributed by atoms with Crippen molar-refractivity contribution in [2.75, 3.05) is 10.3 Å². The smallest absolute Gasteiger partial charge is 0.259 e. The molecule has 104 valence electrons. The highest BCUT2D eigenvalue weighted by Crippen LogP contribution is 2.38. The number of benzene rings is 2. The maximum Gasteiger partial charge on any atom is 0.259 e. The zero-order chi connectivity index (χ0) is 14.4. The molecule has 1 aliphatic rings. The minimum absolute atomic E-state index is 0.000687. The summed E-state index contributed by atoms with van der Waals surface area (Å²) in [5.74, 6) is 5.31. The van der Waals surface area contributed by atoms with Crippen LogP contribution in [-0.2, 0) is 6.54 Å². The number of nitrogens with zero attached hydrogens (tertiary/aromatic N) is 3. The molecule has 6 nitrogen and oxygen atoms in total. The number of aromatic nitrogens is 2. The first-order chi connectivity index (χ1) is 10.3. The normalized spacial score (nSPS) is 13.2. The van der Waals surface area contributed by atoms with Gasteiger partial charge in [0.15, 0.2) is 0 Å². The predicted octanol–water partition coefficient (Wildman–Crippen LogP) is 2.14. The van der Waals surface area contributed by atoms with E-state index in [-0.39, 0.29) is 5.91 Å². The lowest BCUT2D eigenvalue weighted by Crippen LogP contribution is -2.25. The molecule has 0 aliphatic carbocycles. The molecular formula is C14H11N5OS. The van der Waals surface area contributed by atoms with E-state index in [2.05, 4.69) is 15.6 Å². The second kappa shape index (κ2) is 4.51. The molecule has 0 saturated carbocycles. The van der Waals surface area contributed by atoms with E-state index in [0.717, 1.165) is 27.0 Å². The number of nitrogen functional groups attached to an aromatic ring is 1. The summed E-state index contributed by atoms with van der Waals surface area (Å²) in [4.78, 5) is 14.3. The first-order valence-corrected chi connectivity index (χ1v) is 7.22. The zero-order valence-electron chi connectivity index (χ0n) is 10.9. The van der Waals surface area contributed by atoms with Crippen LogP contribution in [0.25, 0.3) is 10.8 Å². The summed E-state index contributed by atoms with van der Waals surface area (Å²) < 4.78 is 0. The number of carbonyl (C=O) groups excluding carboxylic acids is 1. The third-order valence-electron chi connectivity index (χ3n) is 3.53. The Hall–Kier alpha value is -2.51. The second-order valence-electron chi connectivity index (χ2n) is 4.72. The van der Waals surface area contributed by atoms with Crippen LogP contribution in [0.2, 0.25) is 0 Å². The molecule has 0 bridgehead atoms. The van der Waals surface area contributed by atoms with Gasteiger partial charge in [0.25, 0.3) is 5.91 Å². The summed E-state index contributed by atoms with van der Waals surface area (Å²) in [6, 6.07) is 11.7. The summed E-state index contributed by atoms with van der Waals surface area (Å²) in [6.07, 6.45) is 0. The minimum Gasteiger partial charge on any atom is -0.301 e. The number of rotatable bonds is 3. The number of amides is 1. The quantitative estimate of drug-likeness (QED) is 0.571. The van der Waals surface area contributed by atoms with E-state index in [1.807, 2.05) is 36.4 Å². The van der Waals surface area contributed by atoms with Gasteiger partial charge in [-0.15, -0.1) is 10.2 Å². The Morgan fingerprint density at radius 3 is 2.76 bits per heavy atom. The van der Waals surface area contributed by atoms with Crippen LogP contribution in [0, 0.1) is 0 Å². The van der Waals surface area contributed by atoms with Crippen molar-refractivity contribution >= 4 is 38.8 Å². The molecule has 0 atom stereocenters. The molecule has 3 aromatic rings. The number of nitrogens with two attached hydrogens (primary N) is 1. The number of nitrogens with one attached hydrogen (secondary N) is 1. The standard InChI is InChI=1S/C14H11N5OS/c15-16-14-18-17-11(21-14)7-19-10-6-2-4-8-3-1-5-9(12(8)10)13(19)20/h1-6H,7,15H2,(H,16,18). The van der Waals surface area contributed by atoms with Crippen LogP contribution in [0.15, 0.2) is 36.4 Å². The molecule has 21 heavy (non-hydrogen) atoms. The molecule has 0 saturated heterocycles. The Morgan fingerprint density at radius 2 is 2.00 bits per heavy atom. The number of hydrogen-bond donors (Lipinski definition) is 2. The van der Waals surface area contributed by atoms with Crippen LogP contribution in [0.5, 0.6) is 0 Å². The SMILES string of the molecule is NNc1nnc(CN2C(=O)c3cccc4cccc2c34)s1. The minimum atomic E-state index is -0.000687. The van der Waals surface area contributed by atoms with Crippen LogP contribution in [0.3, 0.4) is 0 Å². The maximum absolute atomic E-state index is 12.6. The highest BCUT2D eigenvalue weighted by Gasteiger charge is 2.30. The Labute approximate surface area is 124 Å². The van der Waals surface area contributed by atoms with E-state index in [0.29, 0.717) is 11.7 Å². The fraction of sp³-hybridized carbons (Fsp3) is 0.0714. The molecule has 0 spiro atoms. The fourth-order valence-electron chi connectivity index (χ4n) is 2.65. The van der Waals surface area contributed by atoms with Crippen molar-refractivity contribution in [3.63, 3.8) is 0 Å². The van der Waals surface area contributed by atoms with Crippen LogP contribution in [0.4, 0.5) is 10.8 Å². The van der Waals surface area contributed by atoms with Gasteiger partial charge >= 0.3 is 0 Å². The summed E-state index contributed by atoms with van der Waals surface area (Å²) >= 11 is 1.34. The predicted molar refractivity (Wildman–Crippen MR) is 82.2 cm³/mol. The molecule has 0 unspecified atom stereocenters. The van der Waals surface area contributed by atoms with Crippen molar-refractivity contribution in [1.82, 2.24) is 10.2 Å². The second-order valence-corrected chi connectivity index (χ2v) is 5.78. The molecule has 7 heteroatoms. The average molecular weight is 297 g/mol. The average Bonchev–Trinajstić information content (AvgIpc) is 3.08. The van der Waals surface area contributed by atoms with E-state index in [1.54, 1.807) is 4.90 Å². The molecule has 1 amide bonds. The first kappa shape index (κ1) is 12.2. The fourth-order valence-corrected chi connectivity index (χ4v) is 3.29. The van der Waals surface area contributed by atoms with E-state index < -0.39 is 0 Å². The molecule has 0 fully saturated rings. The van der Waals surface area contributed by atoms with Gasteiger partial charge in [-0.3, -0.25) is 10.2 Å². The zero-order valence-corrected chi connectivity index (χ0v) is 11.7. The van der Waals surface area contributed by atoms with Crippen molar-refractivity contribution < 1.29 is 4.79 Å². The number of hydrogen-bond acceptors (Lipinski definition) is 6. The van der Waals surface area contributed by atoms with Gasteiger partial charge in [0.2, 0.25) is 5.13 Å². The lowest BCUT2D eigenvalue weighted by molar-refractivity contribution is 0.0991. The van der Waals surface area contributed by atoms with E-state index >= 15 is 0 Å². The lowest BCUT2D eigenvalue weighted by Gasteiger charge is -2.15. The molecular weight excluding hydrogens is 286 g/mol. The summed E-state index contributed by atoms with van der Waals surface area (Å²) in [7, 11) is 0. The highest BCUT2D eigenvalue weighted by molar-refractivity contribution is 7.15. The topological polar surface area (TPSA) is 84.1 Å². The van der Waals surface area contributed by atoms with Crippen molar-refractivity contribution in [3.05, 3.63) is 47.0 Å². The number of carbonyl (C=O) groups is 1. The van der Waals surface area contributed by atoms with Gasteiger partial charge < -0.3 is 4.90 Å². The summed E-state index contributed by atoms with van der Waals surface area (Å²) in [6.45, 7) is 0.395. The van der Waals surface area contributed by atoms with Gasteiger partial charge in [0.1, 0.15) is 5.01 Å². The van der Waals surface area contributed by atoms with E-state index in [1.165, 1.54) is 11.3 Å². The van der Waals surface area contributed by atoms with Gasteiger partial charge in [0.05, 0.1) is 12.2 Å². The Morgan fingerprint density at radius 1 is 1.19 bits per heavy atom. The maximum atomic E-state index is 12.6. The highest BCUT2D eigenvalue weighted by atomic mass is 32.1. The Balaban J connectivity index is 1.78. The van der Waals surface area contributed by atoms with E-state index in [9.17, 15) is 4.79 Å². The van der Waals surface area contributed by atoms with Crippen molar-refractivity contribution in [1.29, 1.82) is 0 Å². The molecule has 3 N–H and O–H groups in total. The monoisotopic (exact) mass is 297 g/mol. The first-order valence-electron chi connectivity index (χ1n) is 6.40. The van der Waals surface area contributed by atoms with Crippen LogP contribution in [0.1, 0.15) is 15.4 Å². The summed E-state index contributed by atoms with van der Waals surface area (Å²) in [5.41, 5.74) is 4.12. The van der Waals surface area contributed by atoms with E-state index in [4.69, 9.17) is 5.84 Å². The third-order valence-corrected chi connectivity index (χ3v) is 4.37. The van der Waals surface area contributed by atoms with Gasteiger partial charge in [-0.05, 0) is 17.5 Å². The van der Waals surface area contributed by atoms with Crippen LogP contribution >= 0.6 is 11.3 Å². The van der Waals surface area contributed by atoms with Crippen molar-refractivity contribution in [3.8, 4) is 0 Å². The molecule has 2 heterocycles. The van der Waals surface area contributed by atoms with Gasteiger partial charge in [0, 0.05) is 10.9 Å². The molecule has 2 aromatic carbocycles. The third kappa shape index (κ3) is 1.78. The van der Waals surface area contributed by atoms with Crippen LogP contribution < -0.4 is 16.2 Å². The van der Waals surface area contributed by atoms with Gasteiger partial charge in [-0.25, -0.2) is 5.84 Å². The Bertz CT molecular complexity index is 854. The van der Waals surface area contributed by atoms with Gasteiger partial charge in [-0.1, -0.05) is 35.6 Å². The molecule has 4 rings (SSSR count). The van der Waals surface area contributed by atoms with Crippen molar-refractivity contribution in [2.45, 2.75) is 6.54 Å². The van der Waals surface area contributed by atoms with Gasteiger partial charge in [-0.2, -0.15) is 0 Å². The Kier molecular flexibility index (Phi) is 2.63. The summed E-state index contributed by atoms with van der Waals surface area (Å²) in [5, 5.41) is 11.3. The van der Waals surface area contributed by atoms with Crippen molar-refractivity contribution in [2.24, 2.45) is 5.84 Å². The number of hydrazine groups is 1. The molecule has 1 aromatic heterocycles.